The van der Waals surface area contributed by atoms with E-state index in [1.807, 2.05) is 36.4 Å². The van der Waals surface area contributed by atoms with Gasteiger partial charge in [0.2, 0.25) is 11.8 Å². The van der Waals surface area contributed by atoms with Crippen molar-refractivity contribution in [2.24, 2.45) is 11.8 Å². The van der Waals surface area contributed by atoms with Crippen molar-refractivity contribution in [3.8, 4) is 0 Å². The highest BCUT2D eigenvalue weighted by Crippen LogP contribution is 2.41. The quantitative estimate of drug-likeness (QED) is 0.244. The smallest absolute Gasteiger partial charge is 0.294 e. The highest BCUT2D eigenvalue weighted by atomic mass is 16.6. The summed E-state index contributed by atoms with van der Waals surface area (Å²) in [6.45, 7) is 0.514. The van der Waals surface area contributed by atoms with E-state index in [1.54, 1.807) is 12.1 Å². The molecule has 2 amide bonds. The fraction of sp³-hybridized carbons (Fsp3) is 0.310. The number of nitrogens with zero attached hydrogens (tertiary/aromatic N) is 2. The summed E-state index contributed by atoms with van der Waals surface area (Å²) in [5, 5.41) is 15.1. The summed E-state index contributed by atoms with van der Waals surface area (Å²) in [6.07, 6.45) is 4.02. The number of nitro groups is 1. The molecule has 0 bridgehead atoms. The summed E-state index contributed by atoms with van der Waals surface area (Å²) < 4.78 is 0. The van der Waals surface area contributed by atoms with E-state index in [0.717, 1.165) is 24.2 Å². The summed E-state index contributed by atoms with van der Waals surface area (Å²) in [4.78, 5) is 38.5. The number of benzene rings is 3. The van der Waals surface area contributed by atoms with Crippen molar-refractivity contribution in [2.75, 3.05) is 16.8 Å². The number of carbonyl (C=O) groups is 2. The molecule has 1 N–H and O–H groups in total. The summed E-state index contributed by atoms with van der Waals surface area (Å²) >= 11 is 0. The molecule has 0 unspecified atom stereocenters. The van der Waals surface area contributed by atoms with Gasteiger partial charge in [-0.2, -0.15) is 0 Å². The van der Waals surface area contributed by atoms with Gasteiger partial charge >= 0.3 is 0 Å². The van der Waals surface area contributed by atoms with E-state index < -0.39 is 4.92 Å². The molecule has 0 aromatic heterocycles. The lowest BCUT2D eigenvalue weighted by atomic mass is 9.81. The zero-order valence-corrected chi connectivity index (χ0v) is 20.0. The van der Waals surface area contributed by atoms with Gasteiger partial charge in [-0.25, -0.2) is 4.90 Å². The summed E-state index contributed by atoms with van der Waals surface area (Å²) in [5.74, 6) is -0.907. The Labute approximate surface area is 210 Å². The average molecular weight is 484 g/mol. The van der Waals surface area contributed by atoms with Crippen LogP contribution in [0, 0.1) is 22.0 Å². The van der Waals surface area contributed by atoms with Gasteiger partial charge in [-0.05, 0) is 42.5 Å². The number of nitrogens with one attached hydrogen (secondary N) is 1. The van der Waals surface area contributed by atoms with E-state index in [-0.39, 0.29) is 40.9 Å². The minimum atomic E-state index is -0.463. The second-order valence-electron chi connectivity index (χ2n) is 9.56. The topological polar surface area (TPSA) is 92.6 Å². The molecule has 3 aromatic rings. The van der Waals surface area contributed by atoms with Crippen molar-refractivity contribution < 1.29 is 14.5 Å². The standard InChI is InChI=1S/C29H29N3O4/c33-28-24-13-7-8-14-25(24)29(34)31(28)22-15-16-26(27(19-22)32(35)36)30-18-17-23(20-9-3-1-4-10-20)21-11-5-2-6-12-21/h1-6,9-12,15-16,19,23-25,30H,7-8,13-14,17-18H2/t24-,25-/m0/s1. The number of fused-ring (bicyclic) bond motifs is 1. The highest BCUT2D eigenvalue weighted by molar-refractivity contribution is 6.22. The molecule has 2 aliphatic rings. The third-order valence-corrected chi connectivity index (χ3v) is 7.43. The number of anilines is 2. The number of hydrogen-bond donors (Lipinski definition) is 1. The van der Waals surface area contributed by atoms with Crippen LogP contribution in [0.15, 0.2) is 78.9 Å². The van der Waals surface area contributed by atoms with Crippen LogP contribution < -0.4 is 10.2 Å². The van der Waals surface area contributed by atoms with Crippen LogP contribution in [0.2, 0.25) is 0 Å². The number of hydrogen-bond acceptors (Lipinski definition) is 5. The first-order valence-corrected chi connectivity index (χ1v) is 12.5. The lowest BCUT2D eigenvalue weighted by Gasteiger charge is -2.19. The molecular formula is C29H29N3O4. The van der Waals surface area contributed by atoms with E-state index in [0.29, 0.717) is 25.1 Å². The molecule has 7 heteroatoms. The van der Waals surface area contributed by atoms with Crippen molar-refractivity contribution in [2.45, 2.75) is 38.0 Å². The maximum Gasteiger partial charge on any atom is 0.294 e. The van der Waals surface area contributed by atoms with E-state index in [1.165, 1.54) is 17.2 Å². The van der Waals surface area contributed by atoms with Crippen LogP contribution in [0.25, 0.3) is 0 Å². The monoisotopic (exact) mass is 483 g/mol. The maximum absolute atomic E-state index is 13.0. The van der Waals surface area contributed by atoms with Crippen LogP contribution in [-0.2, 0) is 9.59 Å². The number of carbonyl (C=O) groups excluding carboxylic acids is 2. The Morgan fingerprint density at radius 3 is 1.94 bits per heavy atom. The molecule has 3 aromatic carbocycles. The van der Waals surface area contributed by atoms with E-state index in [4.69, 9.17) is 0 Å². The summed E-state index contributed by atoms with van der Waals surface area (Å²) in [6, 6.07) is 25.0. The zero-order chi connectivity index (χ0) is 25.1. The zero-order valence-electron chi connectivity index (χ0n) is 20.0. The molecule has 184 valence electrons. The Kier molecular flexibility index (Phi) is 6.80. The van der Waals surface area contributed by atoms with Crippen molar-refractivity contribution >= 4 is 28.9 Å². The molecule has 2 atom stereocenters. The fourth-order valence-electron chi connectivity index (χ4n) is 5.62. The summed E-state index contributed by atoms with van der Waals surface area (Å²) in [5.41, 5.74) is 2.88. The number of imide groups is 1. The predicted octanol–water partition coefficient (Wildman–Crippen LogP) is 5.91. The largest absolute Gasteiger partial charge is 0.379 e. The third-order valence-electron chi connectivity index (χ3n) is 7.43. The van der Waals surface area contributed by atoms with Gasteiger partial charge in [0.15, 0.2) is 0 Å². The van der Waals surface area contributed by atoms with Crippen LogP contribution in [-0.4, -0.2) is 23.3 Å². The van der Waals surface area contributed by atoms with Crippen LogP contribution in [0.1, 0.15) is 49.1 Å². The van der Waals surface area contributed by atoms with Gasteiger partial charge in [0, 0.05) is 18.5 Å². The second-order valence-corrected chi connectivity index (χ2v) is 9.56. The van der Waals surface area contributed by atoms with Gasteiger partial charge in [0.05, 0.1) is 22.4 Å². The molecule has 1 heterocycles. The minimum Gasteiger partial charge on any atom is -0.379 e. The number of rotatable bonds is 8. The predicted molar refractivity (Wildman–Crippen MR) is 139 cm³/mol. The molecule has 1 aliphatic carbocycles. The van der Waals surface area contributed by atoms with Crippen molar-refractivity contribution in [1.29, 1.82) is 0 Å². The van der Waals surface area contributed by atoms with Gasteiger partial charge in [-0.1, -0.05) is 73.5 Å². The molecule has 0 radical (unpaired) electrons. The fourth-order valence-corrected chi connectivity index (χ4v) is 5.62. The van der Waals surface area contributed by atoms with Crippen LogP contribution in [0.3, 0.4) is 0 Å². The van der Waals surface area contributed by atoms with Crippen molar-refractivity contribution in [1.82, 2.24) is 0 Å². The SMILES string of the molecule is O=C1[C@H]2CCCC[C@@H]2C(=O)N1c1ccc(NCCC(c2ccccc2)c2ccccc2)c([N+](=O)[O-])c1. The first kappa shape index (κ1) is 23.7. The first-order valence-electron chi connectivity index (χ1n) is 12.5. The third kappa shape index (κ3) is 4.61. The Morgan fingerprint density at radius 2 is 1.42 bits per heavy atom. The van der Waals surface area contributed by atoms with E-state index >= 15 is 0 Å². The Hall–Kier alpha value is -4.00. The lowest BCUT2D eigenvalue weighted by Crippen LogP contribution is -2.30. The molecule has 0 spiro atoms. The van der Waals surface area contributed by atoms with Gasteiger partial charge < -0.3 is 5.32 Å². The Bertz CT molecular complexity index is 1200. The van der Waals surface area contributed by atoms with Gasteiger partial charge in [0.25, 0.3) is 5.69 Å². The normalized spacial score (nSPS) is 19.4. The maximum atomic E-state index is 13.0. The Morgan fingerprint density at radius 1 is 0.861 bits per heavy atom. The molecule has 2 fully saturated rings. The highest BCUT2D eigenvalue weighted by Gasteiger charge is 2.49. The molecular weight excluding hydrogens is 454 g/mol. The van der Waals surface area contributed by atoms with Gasteiger partial charge in [-0.3, -0.25) is 19.7 Å². The van der Waals surface area contributed by atoms with Gasteiger partial charge in [-0.15, -0.1) is 0 Å². The van der Waals surface area contributed by atoms with E-state index in [2.05, 4.69) is 29.6 Å². The van der Waals surface area contributed by atoms with Crippen LogP contribution in [0.5, 0.6) is 0 Å². The Balaban J connectivity index is 1.34. The minimum absolute atomic E-state index is 0.140. The van der Waals surface area contributed by atoms with Crippen LogP contribution in [0.4, 0.5) is 17.1 Å². The molecule has 36 heavy (non-hydrogen) atoms. The first-order chi connectivity index (χ1) is 17.5. The lowest BCUT2D eigenvalue weighted by molar-refractivity contribution is -0.383. The van der Waals surface area contributed by atoms with Crippen molar-refractivity contribution in [3.05, 3.63) is 100 Å². The molecule has 1 saturated carbocycles. The van der Waals surface area contributed by atoms with Crippen LogP contribution >= 0.6 is 0 Å². The number of amides is 2. The number of nitro benzene ring substituents is 1. The molecule has 1 aliphatic heterocycles. The molecule has 7 nitrogen and oxygen atoms in total. The van der Waals surface area contributed by atoms with E-state index in [9.17, 15) is 19.7 Å². The molecule has 5 rings (SSSR count). The molecule has 1 saturated heterocycles. The summed E-state index contributed by atoms with van der Waals surface area (Å²) in [7, 11) is 0. The second kappa shape index (κ2) is 10.3. The van der Waals surface area contributed by atoms with Gasteiger partial charge in [0.1, 0.15) is 5.69 Å². The van der Waals surface area contributed by atoms with Crippen molar-refractivity contribution in [3.63, 3.8) is 0 Å². The average Bonchev–Trinajstić information content (AvgIpc) is 3.17.